The number of benzene rings is 1. The first-order chi connectivity index (χ1) is 12.1. The van der Waals surface area contributed by atoms with Crippen LogP contribution in [0.5, 0.6) is 0 Å². The first kappa shape index (κ1) is 22.5. The molecule has 5 nitrogen and oxygen atoms in total. The fraction of sp³-hybridized carbons (Fsp3) is 0.500. The zero-order valence-electron chi connectivity index (χ0n) is 16.3. The summed E-state index contributed by atoms with van der Waals surface area (Å²) in [5.74, 6) is 2.40. The highest BCUT2D eigenvalue weighted by molar-refractivity contribution is 14.0. The number of nitrogens with one attached hydrogen (secondary N) is 2. The Labute approximate surface area is 174 Å². The van der Waals surface area contributed by atoms with Crippen LogP contribution in [-0.2, 0) is 6.54 Å². The van der Waals surface area contributed by atoms with E-state index in [1.807, 2.05) is 26.4 Å². The summed E-state index contributed by atoms with van der Waals surface area (Å²) in [4.78, 5) is 8.56. The van der Waals surface area contributed by atoms with Gasteiger partial charge >= 0.3 is 0 Å². The molecule has 1 heterocycles. The molecule has 0 aliphatic heterocycles. The molecule has 0 radical (unpaired) electrons. The van der Waals surface area contributed by atoms with Crippen molar-refractivity contribution < 1.29 is 0 Å². The van der Waals surface area contributed by atoms with Crippen LogP contribution in [0.4, 0.5) is 0 Å². The Bertz CT molecular complexity index is 680. The topological polar surface area (TPSA) is 54.2 Å². The molecule has 1 aromatic heterocycles. The van der Waals surface area contributed by atoms with E-state index in [0.29, 0.717) is 5.92 Å². The largest absolute Gasteiger partial charge is 0.356 e. The van der Waals surface area contributed by atoms with Crippen LogP contribution in [0.25, 0.3) is 0 Å². The molecule has 0 saturated heterocycles. The van der Waals surface area contributed by atoms with E-state index in [4.69, 9.17) is 0 Å². The average Bonchev–Trinajstić information content (AvgIpc) is 3.02. The number of hydrogen-bond acceptors (Lipinski definition) is 2. The highest BCUT2D eigenvalue weighted by atomic mass is 127. The van der Waals surface area contributed by atoms with Gasteiger partial charge in [0, 0.05) is 39.1 Å². The summed E-state index contributed by atoms with van der Waals surface area (Å²) < 4.78 is 2.19. The van der Waals surface area contributed by atoms with Gasteiger partial charge < -0.3 is 15.2 Å². The lowest BCUT2D eigenvalue weighted by molar-refractivity contribution is 0.587. The lowest BCUT2D eigenvalue weighted by Gasteiger charge is -2.17. The number of imidazole rings is 1. The predicted octanol–water partition coefficient (Wildman–Crippen LogP) is 3.87. The Kier molecular flexibility index (Phi) is 10.3. The van der Waals surface area contributed by atoms with Crippen molar-refractivity contribution in [3.8, 4) is 0 Å². The van der Waals surface area contributed by atoms with Crippen LogP contribution in [0.1, 0.15) is 42.6 Å². The summed E-state index contributed by atoms with van der Waals surface area (Å²) in [6.07, 6.45) is 6.12. The van der Waals surface area contributed by atoms with Gasteiger partial charge in [-0.05, 0) is 38.2 Å². The molecule has 144 valence electrons. The van der Waals surface area contributed by atoms with Crippen molar-refractivity contribution in [2.24, 2.45) is 4.99 Å². The molecule has 0 spiro atoms. The Morgan fingerprint density at radius 2 is 2.04 bits per heavy atom. The van der Waals surface area contributed by atoms with Gasteiger partial charge in [0.1, 0.15) is 5.82 Å². The molecule has 1 unspecified atom stereocenters. The van der Waals surface area contributed by atoms with Crippen molar-refractivity contribution in [3.05, 3.63) is 53.6 Å². The van der Waals surface area contributed by atoms with Gasteiger partial charge in [-0.25, -0.2) is 4.98 Å². The van der Waals surface area contributed by atoms with Crippen molar-refractivity contribution in [2.75, 3.05) is 20.1 Å². The summed E-state index contributed by atoms with van der Waals surface area (Å²) >= 11 is 0. The van der Waals surface area contributed by atoms with Crippen molar-refractivity contribution in [1.29, 1.82) is 0 Å². The summed E-state index contributed by atoms with van der Waals surface area (Å²) in [5.41, 5.74) is 2.67. The van der Waals surface area contributed by atoms with E-state index in [1.165, 1.54) is 11.1 Å². The van der Waals surface area contributed by atoms with Crippen molar-refractivity contribution in [3.63, 3.8) is 0 Å². The second kappa shape index (κ2) is 11.9. The molecule has 1 atom stereocenters. The van der Waals surface area contributed by atoms with E-state index in [1.54, 1.807) is 0 Å². The van der Waals surface area contributed by atoms with Gasteiger partial charge in [0.05, 0.1) is 0 Å². The quantitative estimate of drug-likeness (QED) is 0.267. The molecule has 2 rings (SSSR count). The number of aromatic nitrogens is 2. The first-order valence-corrected chi connectivity index (χ1v) is 9.09. The van der Waals surface area contributed by atoms with Gasteiger partial charge in [0.2, 0.25) is 0 Å². The Morgan fingerprint density at radius 3 is 2.69 bits per heavy atom. The lowest BCUT2D eigenvalue weighted by Crippen LogP contribution is -2.39. The number of unbranched alkanes of at least 4 members (excludes halogenated alkanes) is 1. The SMILES string of the molecule is CN=C(NCCCCn1ccnc1C)NCC(C)c1cccc(C)c1.I. The highest BCUT2D eigenvalue weighted by Gasteiger charge is 2.06. The minimum atomic E-state index is 0. The van der Waals surface area contributed by atoms with Gasteiger partial charge in [-0.3, -0.25) is 4.99 Å². The first-order valence-electron chi connectivity index (χ1n) is 9.09. The van der Waals surface area contributed by atoms with E-state index in [2.05, 4.69) is 63.3 Å². The van der Waals surface area contributed by atoms with E-state index in [-0.39, 0.29) is 24.0 Å². The van der Waals surface area contributed by atoms with Crippen molar-refractivity contribution >= 4 is 29.9 Å². The summed E-state index contributed by atoms with van der Waals surface area (Å²) in [6.45, 7) is 9.23. The van der Waals surface area contributed by atoms with Crippen LogP contribution in [0, 0.1) is 13.8 Å². The predicted molar refractivity (Wildman–Crippen MR) is 121 cm³/mol. The number of rotatable bonds is 8. The molecule has 0 aliphatic carbocycles. The van der Waals surface area contributed by atoms with Crippen LogP contribution in [-0.4, -0.2) is 35.6 Å². The maximum atomic E-state index is 4.31. The number of halogens is 1. The zero-order chi connectivity index (χ0) is 18.1. The number of aryl methyl sites for hydroxylation is 3. The van der Waals surface area contributed by atoms with Crippen LogP contribution in [0.2, 0.25) is 0 Å². The number of aliphatic imine (C=N–C) groups is 1. The number of hydrogen-bond donors (Lipinski definition) is 2. The fourth-order valence-corrected chi connectivity index (χ4v) is 2.82. The van der Waals surface area contributed by atoms with E-state index < -0.39 is 0 Å². The van der Waals surface area contributed by atoms with E-state index >= 15 is 0 Å². The third-order valence-corrected chi connectivity index (χ3v) is 4.45. The second-order valence-corrected chi connectivity index (χ2v) is 6.57. The Balaban J connectivity index is 0.00000338. The Hall–Kier alpha value is -1.57. The molecule has 0 saturated carbocycles. The molecule has 0 aliphatic rings. The molecule has 2 aromatic rings. The number of nitrogens with zero attached hydrogens (tertiary/aromatic N) is 3. The van der Waals surface area contributed by atoms with Gasteiger partial charge in [-0.1, -0.05) is 36.8 Å². The fourth-order valence-electron chi connectivity index (χ4n) is 2.82. The van der Waals surface area contributed by atoms with Crippen molar-refractivity contribution in [2.45, 2.75) is 46.1 Å². The molecule has 2 N–H and O–H groups in total. The van der Waals surface area contributed by atoms with Gasteiger partial charge in [0.25, 0.3) is 0 Å². The van der Waals surface area contributed by atoms with Crippen LogP contribution >= 0.6 is 24.0 Å². The molecule has 6 heteroatoms. The van der Waals surface area contributed by atoms with Crippen LogP contribution in [0.3, 0.4) is 0 Å². The molecule has 0 bridgehead atoms. The zero-order valence-corrected chi connectivity index (χ0v) is 18.7. The lowest BCUT2D eigenvalue weighted by atomic mass is 9.99. The molecular formula is C20H32IN5. The summed E-state index contributed by atoms with van der Waals surface area (Å²) in [5, 5.41) is 6.82. The molecule has 0 fully saturated rings. The normalized spacial score (nSPS) is 12.4. The maximum absolute atomic E-state index is 4.31. The van der Waals surface area contributed by atoms with Gasteiger partial charge in [0.15, 0.2) is 5.96 Å². The highest BCUT2D eigenvalue weighted by Crippen LogP contribution is 2.15. The van der Waals surface area contributed by atoms with Crippen molar-refractivity contribution in [1.82, 2.24) is 20.2 Å². The van der Waals surface area contributed by atoms with E-state index in [0.717, 1.165) is 44.3 Å². The standard InChI is InChI=1S/C20H31N5.HI/c1-16-8-7-9-19(14-16)17(2)15-24-20(21-4)23-10-5-6-12-25-13-11-22-18(25)3;/h7-9,11,13-14,17H,5-6,10,12,15H2,1-4H3,(H2,21,23,24);1H. The van der Waals surface area contributed by atoms with Gasteiger partial charge in [-0.15, -0.1) is 24.0 Å². The third-order valence-electron chi connectivity index (χ3n) is 4.45. The third kappa shape index (κ3) is 7.35. The monoisotopic (exact) mass is 469 g/mol. The number of guanidine groups is 1. The minimum absolute atomic E-state index is 0. The van der Waals surface area contributed by atoms with E-state index in [9.17, 15) is 0 Å². The molecule has 1 aromatic carbocycles. The molecular weight excluding hydrogens is 437 g/mol. The van der Waals surface area contributed by atoms with Gasteiger partial charge in [-0.2, -0.15) is 0 Å². The molecule has 26 heavy (non-hydrogen) atoms. The summed E-state index contributed by atoms with van der Waals surface area (Å²) in [7, 11) is 1.82. The van der Waals surface area contributed by atoms with Crippen LogP contribution < -0.4 is 10.6 Å². The Morgan fingerprint density at radius 1 is 1.23 bits per heavy atom. The second-order valence-electron chi connectivity index (χ2n) is 6.57. The average molecular weight is 469 g/mol. The minimum Gasteiger partial charge on any atom is -0.356 e. The smallest absolute Gasteiger partial charge is 0.190 e. The molecule has 0 amide bonds. The summed E-state index contributed by atoms with van der Waals surface area (Å²) in [6, 6.07) is 8.69. The van der Waals surface area contributed by atoms with Crippen LogP contribution in [0.15, 0.2) is 41.7 Å². The maximum Gasteiger partial charge on any atom is 0.190 e.